The van der Waals surface area contributed by atoms with Crippen molar-refractivity contribution in [3.63, 3.8) is 0 Å². The molecule has 3 aromatic carbocycles. The lowest BCUT2D eigenvalue weighted by Gasteiger charge is -2.19. The number of anilines is 1. The van der Waals surface area contributed by atoms with E-state index in [1.54, 1.807) is 12.1 Å². The van der Waals surface area contributed by atoms with Crippen molar-refractivity contribution in [3.8, 4) is 0 Å². The van der Waals surface area contributed by atoms with E-state index in [0.717, 1.165) is 28.1 Å². The highest BCUT2D eigenvalue weighted by molar-refractivity contribution is 6.31. The fourth-order valence-electron chi connectivity index (χ4n) is 4.44. The molecule has 0 bridgehead atoms. The van der Waals surface area contributed by atoms with Crippen LogP contribution in [0.5, 0.6) is 0 Å². The minimum Gasteiger partial charge on any atom is -0.323 e. The molecule has 32 heavy (non-hydrogen) atoms. The summed E-state index contributed by atoms with van der Waals surface area (Å²) >= 11 is 6.33. The molecule has 0 unspecified atom stereocenters. The maximum atomic E-state index is 14.6. The fraction of sp³-hybridized carbons (Fsp3) is 0.231. The fourth-order valence-corrected chi connectivity index (χ4v) is 4.66. The quantitative estimate of drug-likeness (QED) is 0.384. The van der Waals surface area contributed by atoms with E-state index in [0.29, 0.717) is 23.6 Å². The summed E-state index contributed by atoms with van der Waals surface area (Å²) in [6.07, 6.45) is 0.362. The molecule has 1 amide bonds. The Balaban J connectivity index is 1.55. The monoisotopic (exact) mass is 447 g/mol. The van der Waals surface area contributed by atoms with Crippen molar-refractivity contribution in [2.24, 2.45) is 0 Å². The molecular formula is C26H23ClFN3O. The van der Waals surface area contributed by atoms with Gasteiger partial charge in [0.2, 0.25) is 5.91 Å². The van der Waals surface area contributed by atoms with Crippen LogP contribution >= 0.6 is 11.6 Å². The van der Waals surface area contributed by atoms with Crippen molar-refractivity contribution in [1.82, 2.24) is 9.55 Å². The molecule has 1 saturated heterocycles. The third-order valence-electron chi connectivity index (χ3n) is 6.35. The molecule has 0 N–H and O–H groups in total. The van der Waals surface area contributed by atoms with Gasteiger partial charge in [-0.05, 0) is 61.4 Å². The number of carbonyl (C=O) groups excluding carboxylic acids is 1. The lowest BCUT2D eigenvalue weighted by Crippen LogP contribution is -2.24. The first-order chi connectivity index (χ1) is 15.4. The molecule has 1 aromatic heterocycles. The molecule has 2 heterocycles. The van der Waals surface area contributed by atoms with Crippen LogP contribution in [-0.4, -0.2) is 22.0 Å². The molecule has 1 aliphatic heterocycles. The molecule has 0 spiro atoms. The van der Waals surface area contributed by atoms with Gasteiger partial charge >= 0.3 is 0 Å². The van der Waals surface area contributed by atoms with Crippen molar-refractivity contribution in [2.75, 3.05) is 11.4 Å². The first kappa shape index (κ1) is 20.7. The summed E-state index contributed by atoms with van der Waals surface area (Å²) < 4.78 is 16.6. The summed E-state index contributed by atoms with van der Waals surface area (Å²) in [5.41, 5.74) is 5.40. The van der Waals surface area contributed by atoms with Crippen molar-refractivity contribution >= 4 is 34.2 Å². The van der Waals surface area contributed by atoms with E-state index >= 15 is 0 Å². The normalized spacial score (nSPS) is 16.3. The molecule has 0 saturated carbocycles. The van der Waals surface area contributed by atoms with Crippen molar-refractivity contribution in [2.45, 2.75) is 32.7 Å². The molecule has 0 radical (unpaired) electrons. The average molecular weight is 448 g/mol. The molecule has 1 atom stereocenters. The van der Waals surface area contributed by atoms with Gasteiger partial charge in [-0.2, -0.15) is 0 Å². The maximum absolute atomic E-state index is 14.6. The predicted molar refractivity (Wildman–Crippen MR) is 126 cm³/mol. The minimum atomic E-state index is -0.347. The number of aromatic nitrogens is 2. The zero-order valence-electron chi connectivity index (χ0n) is 18.0. The average Bonchev–Trinajstić information content (AvgIpc) is 3.33. The first-order valence-electron chi connectivity index (χ1n) is 10.7. The van der Waals surface area contributed by atoms with Gasteiger partial charge in [-0.15, -0.1) is 0 Å². The largest absolute Gasteiger partial charge is 0.323 e. The zero-order chi connectivity index (χ0) is 22.4. The van der Waals surface area contributed by atoms with E-state index < -0.39 is 0 Å². The number of fused-ring (bicyclic) bond motifs is 1. The van der Waals surface area contributed by atoms with Gasteiger partial charge in [0, 0.05) is 35.2 Å². The third kappa shape index (κ3) is 3.56. The summed E-state index contributed by atoms with van der Waals surface area (Å²) in [5, 5.41) is 0.382. The second-order valence-corrected chi connectivity index (χ2v) is 8.83. The van der Waals surface area contributed by atoms with E-state index in [2.05, 4.69) is 19.9 Å². The lowest BCUT2D eigenvalue weighted by atomic mass is 10.1. The smallest absolute Gasteiger partial charge is 0.227 e. The summed E-state index contributed by atoms with van der Waals surface area (Å²) in [5.74, 6) is 0.411. The number of para-hydroxylation sites is 2. The van der Waals surface area contributed by atoms with Crippen molar-refractivity contribution < 1.29 is 9.18 Å². The Morgan fingerprint density at radius 1 is 1.06 bits per heavy atom. The molecule has 4 nitrogen and oxygen atoms in total. The Hall–Kier alpha value is -3.18. The Kier molecular flexibility index (Phi) is 5.22. The van der Waals surface area contributed by atoms with Gasteiger partial charge in [0.25, 0.3) is 0 Å². The Labute approximate surface area is 191 Å². The highest BCUT2D eigenvalue weighted by Gasteiger charge is 2.35. The second kappa shape index (κ2) is 8.06. The van der Waals surface area contributed by atoms with Crippen LogP contribution < -0.4 is 4.90 Å². The van der Waals surface area contributed by atoms with Gasteiger partial charge in [0.05, 0.1) is 17.6 Å². The number of hydrogen-bond acceptors (Lipinski definition) is 2. The molecule has 5 rings (SSSR count). The first-order valence-corrected chi connectivity index (χ1v) is 11.1. The van der Waals surface area contributed by atoms with Crippen LogP contribution in [0.3, 0.4) is 0 Å². The number of amides is 1. The minimum absolute atomic E-state index is 0.0702. The van der Waals surface area contributed by atoms with Gasteiger partial charge in [-0.1, -0.05) is 35.9 Å². The van der Waals surface area contributed by atoms with Gasteiger partial charge in [0.1, 0.15) is 11.6 Å². The number of rotatable bonds is 4. The number of benzene rings is 3. The van der Waals surface area contributed by atoms with E-state index in [9.17, 15) is 9.18 Å². The van der Waals surface area contributed by atoms with Crippen LogP contribution in [0.25, 0.3) is 11.0 Å². The number of halogens is 2. The Morgan fingerprint density at radius 3 is 2.66 bits per heavy atom. The molecule has 1 aliphatic rings. The van der Waals surface area contributed by atoms with Crippen LogP contribution in [-0.2, 0) is 11.3 Å². The SMILES string of the molecule is Cc1ccc(N2C[C@H](c3nc4ccccc4n3Cc3c(F)cccc3Cl)CC2=O)cc1C. The van der Waals surface area contributed by atoms with Gasteiger partial charge < -0.3 is 9.47 Å². The lowest BCUT2D eigenvalue weighted by molar-refractivity contribution is -0.117. The van der Waals surface area contributed by atoms with Crippen LogP contribution in [0.4, 0.5) is 10.1 Å². The zero-order valence-corrected chi connectivity index (χ0v) is 18.7. The van der Waals surface area contributed by atoms with Crippen LogP contribution in [0.15, 0.2) is 60.7 Å². The van der Waals surface area contributed by atoms with Gasteiger partial charge in [-0.25, -0.2) is 9.37 Å². The van der Waals surface area contributed by atoms with Crippen molar-refractivity contribution in [3.05, 3.63) is 94.0 Å². The van der Waals surface area contributed by atoms with Crippen molar-refractivity contribution in [1.29, 1.82) is 0 Å². The van der Waals surface area contributed by atoms with E-state index in [4.69, 9.17) is 16.6 Å². The standard InChI is InChI=1S/C26H23ClFN3O/c1-16-10-11-19(12-17(16)2)30-14-18(13-25(30)32)26-29-23-8-3-4-9-24(23)31(26)15-20-21(27)6-5-7-22(20)28/h3-12,18H,13-15H2,1-2H3/t18-/m1/s1. The molecule has 162 valence electrons. The second-order valence-electron chi connectivity index (χ2n) is 8.42. The summed E-state index contributed by atoms with van der Waals surface area (Å²) in [4.78, 5) is 19.6. The highest BCUT2D eigenvalue weighted by Crippen LogP contribution is 2.35. The molecule has 0 aliphatic carbocycles. The number of aryl methyl sites for hydroxylation is 2. The third-order valence-corrected chi connectivity index (χ3v) is 6.71. The molecule has 4 aromatic rings. The summed E-state index contributed by atoms with van der Waals surface area (Å²) in [6.45, 7) is 4.91. The number of carbonyl (C=O) groups is 1. The van der Waals surface area contributed by atoms with Gasteiger partial charge in [-0.3, -0.25) is 4.79 Å². The number of hydrogen-bond donors (Lipinski definition) is 0. The predicted octanol–water partition coefficient (Wildman–Crippen LogP) is 6.01. The van der Waals surface area contributed by atoms with Crippen LogP contribution in [0.1, 0.15) is 34.9 Å². The molecular weight excluding hydrogens is 425 g/mol. The molecule has 6 heteroatoms. The summed E-state index contributed by atoms with van der Waals surface area (Å²) in [6, 6.07) is 18.6. The Morgan fingerprint density at radius 2 is 1.88 bits per heavy atom. The van der Waals surface area contributed by atoms with E-state index in [-0.39, 0.29) is 24.2 Å². The number of imidazole rings is 1. The van der Waals surface area contributed by atoms with E-state index in [1.807, 2.05) is 45.9 Å². The Bertz CT molecular complexity index is 1330. The maximum Gasteiger partial charge on any atom is 0.227 e. The topological polar surface area (TPSA) is 38.1 Å². The van der Waals surface area contributed by atoms with Gasteiger partial charge in [0.15, 0.2) is 0 Å². The highest BCUT2D eigenvalue weighted by atomic mass is 35.5. The summed E-state index contributed by atoms with van der Waals surface area (Å²) in [7, 11) is 0. The van der Waals surface area contributed by atoms with E-state index in [1.165, 1.54) is 11.6 Å². The van der Waals surface area contributed by atoms with Crippen LogP contribution in [0.2, 0.25) is 5.02 Å². The molecule has 1 fully saturated rings. The van der Waals surface area contributed by atoms with Crippen LogP contribution in [0, 0.1) is 19.7 Å². The number of nitrogens with zero attached hydrogens (tertiary/aromatic N) is 3.